The Hall–Kier alpha value is -3.73. The average molecular weight is 468 g/mol. The number of ether oxygens (including phenoxy) is 4. The number of anilines is 1. The van der Waals surface area contributed by atoms with Crippen molar-refractivity contribution in [3.8, 4) is 23.0 Å². The summed E-state index contributed by atoms with van der Waals surface area (Å²) in [6, 6.07) is 16.5. The van der Waals surface area contributed by atoms with Crippen molar-refractivity contribution in [3.63, 3.8) is 0 Å². The second-order valence-corrected chi connectivity index (χ2v) is 7.77. The van der Waals surface area contributed by atoms with Crippen molar-refractivity contribution in [1.29, 1.82) is 0 Å². The lowest BCUT2D eigenvalue weighted by Gasteiger charge is -2.14. The first-order valence-corrected chi connectivity index (χ1v) is 10.8. The van der Waals surface area contributed by atoms with Gasteiger partial charge in [0.2, 0.25) is 0 Å². The maximum absolute atomic E-state index is 12.9. The number of hydrogen-bond donors (Lipinski definition) is 2. The standard InChI is InChI=1S/C23H21N3O6S/c1-14(27)30-13-31-21-18(29-2)10-11-24-20(21)22(28)26-23-25-17-9-8-16(12-19(17)33-23)32-15-6-4-3-5-7-15/h3-12,14,27H,13H2,1-2H3,(H,25,26,28). The Morgan fingerprint density at radius 1 is 1.15 bits per heavy atom. The second kappa shape index (κ2) is 10.3. The van der Waals surface area contributed by atoms with Crippen LogP contribution in [0.2, 0.25) is 0 Å². The van der Waals surface area contributed by atoms with E-state index in [4.69, 9.17) is 18.9 Å². The van der Waals surface area contributed by atoms with Crippen LogP contribution in [-0.4, -0.2) is 41.2 Å². The third-order valence-electron chi connectivity index (χ3n) is 4.38. The molecule has 0 aliphatic carbocycles. The number of carbonyl (C=O) groups excluding carboxylic acids is 1. The number of para-hydroxylation sites is 1. The van der Waals surface area contributed by atoms with Gasteiger partial charge in [-0.2, -0.15) is 0 Å². The van der Waals surface area contributed by atoms with Gasteiger partial charge in [-0.25, -0.2) is 9.97 Å². The molecule has 0 aliphatic rings. The van der Waals surface area contributed by atoms with Crippen LogP contribution in [0.25, 0.3) is 10.2 Å². The molecule has 170 valence electrons. The van der Waals surface area contributed by atoms with E-state index in [9.17, 15) is 9.90 Å². The summed E-state index contributed by atoms with van der Waals surface area (Å²) >= 11 is 1.30. The van der Waals surface area contributed by atoms with Crippen LogP contribution in [0.3, 0.4) is 0 Å². The molecule has 0 saturated carbocycles. The van der Waals surface area contributed by atoms with Gasteiger partial charge < -0.3 is 24.1 Å². The number of amides is 1. The second-order valence-electron chi connectivity index (χ2n) is 6.74. The van der Waals surface area contributed by atoms with Gasteiger partial charge in [0.05, 0.1) is 17.3 Å². The van der Waals surface area contributed by atoms with Crippen LogP contribution in [0.4, 0.5) is 5.13 Å². The minimum Gasteiger partial charge on any atom is -0.493 e. The van der Waals surface area contributed by atoms with Gasteiger partial charge in [0.15, 0.2) is 35.4 Å². The number of nitrogens with one attached hydrogen (secondary N) is 1. The van der Waals surface area contributed by atoms with Crippen LogP contribution >= 0.6 is 11.3 Å². The van der Waals surface area contributed by atoms with E-state index >= 15 is 0 Å². The fourth-order valence-electron chi connectivity index (χ4n) is 2.89. The molecule has 1 amide bonds. The molecule has 2 aromatic heterocycles. The molecule has 0 radical (unpaired) electrons. The highest BCUT2D eigenvalue weighted by atomic mass is 32.1. The summed E-state index contributed by atoms with van der Waals surface area (Å²) in [6.07, 6.45) is 0.408. The third-order valence-corrected chi connectivity index (χ3v) is 5.31. The minimum atomic E-state index is -1.02. The molecule has 1 unspecified atom stereocenters. The number of fused-ring (bicyclic) bond motifs is 1. The van der Waals surface area contributed by atoms with Crippen molar-refractivity contribution >= 4 is 32.6 Å². The maximum Gasteiger partial charge on any atom is 0.280 e. The molecule has 4 aromatic rings. The van der Waals surface area contributed by atoms with Crippen molar-refractivity contribution in [2.75, 3.05) is 19.2 Å². The number of benzene rings is 2. The Bertz CT molecular complexity index is 1250. The predicted molar refractivity (Wildman–Crippen MR) is 123 cm³/mol. The van der Waals surface area contributed by atoms with Gasteiger partial charge in [-0.3, -0.25) is 10.1 Å². The topological polar surface area (TPSA) is 112 Å². The van der Waals surface area contributed by atoms with Crippen LogP contribution in [0.1, 0.15) is 17.4 Å². The Morgan fingerprint density at radius 3 is 2.73 bits per heavy atom. The molecule has 2 aromatic carbocycles. The molecule has 1 atom stereocenters. The first-order chi connectivity index (χ1) is 16.0. The molecule has 33 heavy (non-hydrogen) atoms. The van der Waals surface area contributed by atoms with Gasteiger partial charge in [0.25, 0.3) is 5.91 Å². The van der Waals surface area contributed by atoms with Crippen LogP contribution in [-0.2, 0) is 4.74 Å². The number of aromatic nitrogens is 2. The normalized spacial score (nSPS) is 11.7. The van der Waals surface area contributed by atoms with Gasteiger partial charge in [-0.1, -0.05) is 29.5 Å². The lowest BCUT2D eigenvalue weighted by atomic mass is 10.3. The van der Waals surface area contributed by atoms with E-state index in [-0.39, 0.29) is 18.2 Å². The maximum atomic E-state index is 12.9. The summed E-state index contributed by atoms with van der Waals surface area (Å²) in [5.74, 6) is 1.26. The smallest absolute Gasteiger partial charge is 0.280 e. The van der Waals surface area contributed by atoms with Gasteiger partial charge >= 0.3 is 0 Å². The molecule has 2 N–H and O–H groups in total. The van der Waals surface area contributed by atoms with E-state index in [2.05, 4.69) is 15.3 Å². The first kappa shape index (κ1) is 22.5. The number of thiazole rings is 1. The zero-order valence-corrected chi connectivity index (χ0v) is 18.7. The molecule has 0 bridgehead atoms. The van der Waals surface area contributed by atoms with Gasteiger partial charge in [0, 0.05) is 18.3 Å². The number of pyridine rings is 1. The lowest BCUT2D eigenvalue weighted by molar-refractivity contribution is -0.131. The Labute approximate surface area is 193 Å². The molecule has 4 rings (SSSR count). The lowest BCUT2D eigenvalue weighted by Crippen LogP contribution is -2.18. The van der Waals surface area contributed by atoms with Crippen molar-refractivity contribution in [3.05, 3.63) is 66.5 Å². The molecule has 0 fully saturated rings. The number of methoxy groups -OCH3 is 1. The number of carbonyl (C=O) groups is 1. The summed E-state index contributed by atoms with van der Waals surface area (Å²) in [4.78, 5) is 21.5. The fourth-order valence-corrected chi connectivity index (χ4v) is 3.78. The summed E-state index contributed by atoms with van der Waals surface area (Å²) in [5, 5.41) is 12.4. The summed E-state index contributed by atoms with van der Waals surface area (Å²) < 4.78 is 22.5. The zero-order valence-electron chi connectivity index (χ0n) is 17.8. The van der Waals surface area contributed by atoms with Gasteiger partial charge in [-0.15, -0.1) is 0 Å². The molecule has 2 heterocycles. The van der Waals surface area contributed by atoms with Crippen LogP contribution < -0.4 is 19.5 Å². The first-order valence-electron chi connectivity index (χ1n) is 9.94. The van der Waals surface area contributed by atoms with E-state index in [1.54, 1.807) is 6.07 Å². The third kappa shape index (κ3) is 5.55. The summed E-state index contributed by atoms with van der Waals surface area (Å²) in [5.41, 5.74) is 0.715. The predicted octanol–water partition coefficient (Wildman–Crippen LogP) is 4.44. The number of rotatable bonds is 9. The number of nitrogens with zero attached hydrogens (tertiary/aromatic N) is 2. The highest BCUT2D eigenvalue weighted by molar-refractivity contribution is 7.22. The number of aliphatic hydroxyl groups is 1. The van der Waals surface area contributed by atoms with Gasteiger partial charge in [-0.05, 0) is 31.2 Å². The van der Waals surface area contributed by atoms with E-state index < -0.39 is 12.2 Å². The summed E-state index contributed by atoms with van der Waals surface area (Å²) in [7, 11) is 1.45. The molecule has 10 heteroatoms. The van der Waals surface area contributed by atoms with E-state index in [0.717, 1.165) is 16.0 Å². The van der Waals surface area contributed by atoms with Crippen molar-refractivity contribution in [2.24, 2.45) is 0 Å². The van der Waals surface area contributed by atoms with Crippen molar-refractivity contribution < 1.29 is 28.8 Å². The van der Waals surface area contributed by atoms with Crippen LogP contribution in [0.5, 0.6) is 23.0 Å². The van der Waals surface area contributed by atoms with Crippen LogP contribution in [0, 0.1) is 0 Å². The summed E-state index contributed by atoms with van der Waals surface area (Å²) in [6.45, 7) is 1.16. The minimum absolute atomic E-state index is 0.00380. The molecule has 0 spiro atoms. The Kier molecular flexibility index (Phi) is 6.98. The highest BCUT2D eigenvalue weighted by Crippen LogP contribution is 2.33. The Morgan fingerprint density at radius 2 is 1.97 bits per heavy atom. The van der Waals surface area contributed by atoms with Gasteiger partial charge in [0.1, 0.15) is 11.5 Å². The average Bonchev–Trinajstić information content (AvgIpc) is 3.21. The zero-order chi connectivity index (χ0) is 23.2. The number of hydrogen-bond acceptors (Lipinski definition) is 9. The van der Waals surface area contributed by atoms with E-state index in [1.807, 2.05) is 48.5 Å². The molecular weight excluding hydrogens is 446 g/mol. The fraction of sp³-hybridized carbons (Fsp3) is 0.174. The quantitative estimate of drug-likeness (QED) is 0.348. The monoisotopic (exact) mass is 467 g/mol. The van der Waals surface area contributed by atoms with E-state index in [0.29, 0.717) is 16.6 Å². The van der Waals surface area contributed by atoms with E-state index in [1.165, 1.54) is 31.6 Å². The molecule has 0 saturated heterocycles. The number of aliphatic hydroxyl groups excluding tert-OH is 1. The molecular formula is C23H21N3O6S. The highest BCUT2D eigenvalue weighted by Gasteiger charge is 2.21. The Balaban J connectivity index is 1.52. The largest absolute Gasteiger partial charge is 0.493 e. The van der Waals surface area contributed by atoms with Crippen molar-refractivity contribution in [1.82, 2.24) is 9.97 Å². The SMILES string of the molecule is COc1ccnc(C(=O)Nc2nc3ccc(Oc4ccccc4)cc3s2)c1OCOC(C)O. The van der Waals surface area contributed by atoms with Crippen molar-refractivity contribution in [2.45, 2.75) is 13.2 Å². The molecule has 0 aliphatic heterocycles. The van der Waals surface area contributed by atoms with Crippen LogP contribution in [0.15, 0.2) is 60.8 Å². The molecule has 9 nitrogen and oxygen atoms in total.